The second-order valence-electron chi connectivity index (χ2n) is 6.65. The number of piperidine rings is 1. The van der Waals surface area contributed by atoms with E-state index in [1.54, 1.807) is 0 Å². The van der Waals surface area contributed by atoms with Gasteiger partial charge < -0.3 is 9.32 Å². The molecule has 0 bridgehead atoms. The number of fused-ring (bicyclic) bond motifs is 1. The van der Waals surface area contributed by atoms with Crippen molar-refractivity contribution >= 4 is 16.9 Å². The minimum Gasteiger partial charge on any atom is -0.461 e. The van der Waals surface area contributed by atoms with Gasteiger partial charge in [-0.2, -0.15) is 0 Å². The lowest BCUT2D eigenvalue weighted by Gasteiger charge is -2.31. The van der Waals surface area contributed by atoms with Crippen LogP contribution in [0.2, 0.25) is 0 Å². The summed E-state index contributed by atoms with van der Waals surface area (Å²) < 4.78 is 5.75. The van der Waals surface area contributed by atoms with Crippen LogP contribution in [0.15, 0.2) is 40.9 Å². The minimum atomic E-state index is 0.0612. The fraction of sp³-hybridized carbons (Fsp3) is 0.350. The quantitative estimate of drug-likeness (QED) is 0.713. The third kappa shape index (κ3) is 2.90. The number of aryl methyl sites for hydroxylation is 2. The van der Waals surface area contributed by atoms with Crippen LogP contribution in [0.4, 0.5) is 0 Å². The van der Waals surface area contributed by atoms with E-state index in [0.717, 1.165) is 48.4 Å². The maximum Gasteiger partial charge on any atom is 0.258 e. The molecule has 0 saturated carbocycles. The highest BCUT2D eigenvalue weighted by atomic mass is 16.3. The molecule has 4 rings (SSSR count). The van der Waals surface area contributed by atoms with Gasteiger partial charge in [0.1, 0.15) is 17.2 Å². The van der Waals surface area contributed by atoms with Crippen molar-refractivity contribution in [1.29, 1.82) is 0 Å². The Hall–Kier alpha value is -2.69. The Morgan fingerprint density at radius 2 is 1.92 bits per heavy atom. The zero-order valence-electron chi connectivity index (χ0n) is 14.5. The number of para-hydroxylation sites is 1. The molecular weight excluding hydrogens is 314 g/mol. The number of carbonyl (C=O) groups is 1. The van der Waals surface area contributed by atoms with E-state index in [1.165, 1.54) is 0 Å². The summed E-state index contributed by atoms with van der Waals surface area (Å²) in [6.45, 7) is 5.29. The molecule has 0 radical (unpaired) electrons. The Bertz CT molecular complexity index is 924. The number of hydrogen-bond acceptors (Lipinski definition) is 4. The van der Waals surface area contributed by atoms with Crippen molar-refractivity contribution in [3.8, 4) is 0 Å². The van der Waals surface area contributed by atoms with E-state index in [1.807, 2.05) is 55.3 Å². The fourth-order valence-electron chi connectivity index (χ4n) is 3.60. The molecule has 0 spiro atoms. The fourth-order valence-corrected chi connectivity index (χ4v) is 3.60. The highest BCUT2D eigenvalue weighted by molar-refractivity contribution is 6.07. The maximum atomic E-state index is 13.0. The second kappa shape index (κ2) is 6.31. The molecule has 0 atom stereocenters. The normalized spacial score (nSPS) is 15.7. The van der Waals surface area contributed by atoms with Gasteiger partial charge in [-0.25, -0.2) is 9.97 Å². The summed E-state index contributed by atoms with van der Waals surface area (Å²) in [5.74, 6) is 1.98. The monoisotopic (exact) mass is 335 g/mol. The van der Waals surface area contributed by atoms with Crippen LogP contribution >= 0.6 is 0 Å². The van der Waals surface area contributed by atoms with E-state index >= 15 is 0 Å². The smallest absolute Gasteiger partial charge is 0.258 e. The summed E-state index contributed by atoms with van der Waals surface area (Å²) in [6, 6.07) is 9.63. The number of nitrogens with zero attached hydrogens (tertiary/aromatic N) is 3. The largest absolute Gasteiger partial charge is 0.461 e. The van der Waals surface area contributed by atoms with E-state index in [9.17, 15) is 4.79 Å². The first-order valence-corrected chi connectivity index (χ1v) is 8.70. The molecule has 1 fully saturated rings. The number of benzene rings is 1. The Morgan fingerprint density at radius 3 is 2.68 bits per heavy atom. The SMILES string of the molecule is Cc1ccnc(C2CCN(C(=O)c3c(C)oc4ccccc34)CC2)n1. The lowest BCUT2D eigenvalue weighted by Crippen LogP contribution is -2.38. The maximum absolute atomic E-state index is 13.0. The molecule has 5 nitrogen and oxygen atoms in total. The first-order chi connectivity index (χ1) is 12.1. The number of carbonyl (C=O) groups excluding carboxylic acids is 1. The van der Waals surface area contributed by atoms with Crippen molar-refractivity contribution in [3.05, 3.63) is 59.4 Å². The van der Waals surface area contributed by atoms with Crippen molar-refractivity contribution < 1.29 is 9.21 Å². The molecule has 3 aromatic rings. The molecule has 3 heterocycles. The third-order valence-corrected chi connectivity index (χ3v) is 4.95. The molecule has 5 heteroatoms. The number of aromatic nitrogens is 2. The number of rotatable bonds is 2. The molecule has 0 aliphatic carbocycles. The Balaban J connectivity index is 1.52. The number of furan rings is 1. The van der Waals surface area contributed by atoms with Crippen LogP contribution in [0.1, 0.15) is 46.4 Å². The van der Waals surface area contributed by atoms with Crippen molar-refractivity contribution in [3.63, 3.8) is 0 Å². The zero-order chi connectivity index (χ0) is 17.4. The van der Waals surface area contributed by atoms with Gasteiger partial charge in [-0.3, -0.25) is 4.79 Å². The van der Waals surface area contributed by atoms with Gasteiger partial charge in [0, 0.05) is 36.3 Å². The molecule has 1 aliphatic heterocycles. The molecule has 25 heavy (non-hydrogen) atoms. The van der Waals surface area contributed by atoms with Gasteiger partial charge in [0.05, 0.1) is 5.56 Å². The molecule has 0 unspecified atom stereocenters. The first-order valence-electron chi connectivity index (χ1n) is 8.70. The van der Waals surface area contributed by atoms with Crippen LogP contribution in [-0.2, 0) is 0 Å². The number of amides is 1. The van der Waals surface area contributed by atoms with Crippen LogP contribution in [0, 0.1) is 13.8 Å². The second-order valence-corrected chi connectivity index (χ2v) is 6.65. The first kappa shape index (κ1) is 15.8. The average molecular weight is 335 g/mol. The summed E-state index contributed by atoms with van der Waals surface area (Å²) >= 11 is 0. The van der Waals surface area contributed by atoms with Gasteiger partial charge in [-0.05, 0) is 38.8 Å². The summed E-state index contributed by atoms with van der Waals surface area (Å²) in [5.41, 5.74) is 2.45. The highest BCUT2D eigenvalue weighted by Gasteiger charge is 2.28. The van der Waals surface area contributed by atoms with Crippen molar-refractivity contribution in [1.82, 2.24) is 14.9 Å². The predicted molar refractivity (Wildman–Crippen MR) is 95.6 cm³/mol. The average Bonchev–Trinajstić information content (AvgIpc) is 2.97. The molecule has 1 amide bonds. The van der Waals surface area contributed by atoms with Crippen molar-refractivity contribution in [2.75, 3.05) is 13.1 Å². The van der Waals surface area contributed by atoms with Crippen molar-refractivity contribution in [2.45, 2.75) is 32.6 Å². The molecule has 0 N–H and O–H groups in total. The number of likely N-dealkylation sites (tertiary alicyclic amines) is 1. The van der Waals surface area contributed by atoms with Crippen LogP contribution in [0.5, 0.6) is 0 Å². The minimum absolute atomic E-state index is 0.0612. The standard InChI is InChI=1S/C20H21N3O2/c1-13-7-10-21-19(22-13)15-8-11-23(12-9-15)20(24)18-14(2)25-17-6-4-3-5-16(17)18/h3-7,10,15H,8-9,11-12H2,1-2H3. The van der Waals surface area contributed by atoms with Gasteiger partial charge in [-0.15, -0.1) is 0 Å². The molecular formula is C20H21N3O2. The Morgan fingerprint density at radius 1 is 1.16 bits per heavy atom. The summed E-state index contributed by atoms with van der Waals surface area (Å²) in [5, 5.41) is 0.897. The van der Waals surface area contributed by atoms with E-state index in [-0.39, 0.29) is 5.91 Å². The predicted octanol–water partition coefficient (Wildman–Crippen LogP) is 3.86. The van der Waals surface area contributed by atoms with Crippen LogP contribution < -0.4 is 0 Å². The summed E-state index contributed by atoms with van der Waals surface area (Å²) in [7, 11) is 0. The molecule has 1 aromatic carbocycles. The lowest BCUT2D eigenvalue weighted by atomic mass is 9.95. The molecule has 2 aromatic heterocycles. The number of hydrogen-bond donors (Lipinski definition) is 0. The van der Waals surface area contributed by atoms with E-state index < -0.39 is 0 Å². The van der Waals surface area contributed by atoms with E-state index in [2.05, 4.69) is 9.97 Å². The topological polar surface area (TPSA) is 59.2 Å². The van der Waals surface area contributed by atoms with Crippen LogP contribution in [-0.4, -0.2) is 33.9 Å². The van der Waals surface area contributed by atoms with Gasteiger partial charge in [-0.1, -0.05) is 18.2 Å². The van der Waals surface area contributed by atoms with E-state index in [0.29, 0.717) is 17.2 Å². The van der Waals surface area contributed by atoms with Crippen molar-refractivity contribution in [2.24, 2.45) is 0 Å². The van der Waals surface area contributed by atoms with Crippen LogP contribution in [0.3, 0.4) is 0 Å². The lowest BCUT2D eigenvalue weighted by molar-refractivity contribution is 0.0711. The third-order valence-electron chi connectivity index (χ3n) is 4.95. The van der Waals surface area contributed by atoms with Gasteiger partial charge >= 0.3 is 0 Å². The zero-order valence-corrected chi connectivity index (χ0v) is 14.5. The van der Waals surface area contributed by atoms with Crippen LogP contribution in [0.25, 0.3) is 11.0 Å². The Kier molecular flexibility index (Phi) is 3.99. The molecule has 1 saturated heterocycles. The summed E-state index contributed by atoms with van der Waals surface area (Å²) in [4.78, 5) is 23.9. The molecule has 128 valence electrons. The van der Waals surface area contributed by atoms with Gasteiger partial charge in [0.15, 0.2) is 0 Å². The highest BCUT2D eigenvalue weighted by Crippen LogP contribution is 2.30. The Labute approximate surface area is 146 Å². The summed E-state index contributed by atoms with van der Waals surface area (Å²) in [6.07, 6.45) is 3.60. The van der Waals surface area contributed by atoms with E-state index in [4.69, 9.17) is 4.42 Å². The van der Waals surface area contributed by atoms with Gasteiger partial charge in [0.25, 0.3) is 5.91 Å². The molecule has 1 aliphatic rings. The van der Waals surface area contributed by atoms with Gasteiger partial charge in [0.2, 0.25) is 0 Å².